The topological polar surface area (TPSA) is 27.7 Å². The molecule has 0 bridgehead atoms. The summed E-state index contributed by atoms with van der Waals surface area (Å²) >= 11 is -3.10. The van der Waals surface area contributed by atoms with E-state index in [4.69, 9.17) is 9.96 Å². The van der Waals surface area contributed by atoms with E-state index in [1.165, 1.54) is 0 Å². The summed E-state index contributed by atoms with van der Waals surface area (Å²) in [6, 6.07) is 0. The first-order valence-corrected chi connectivity index (χ1v) is 8.61. The molecule has 0 saturated carbocycles. The zero-order valence-corrected chi connectivity index (χ0v) is 11.8. The fourth-order valence-electron chi connectivity index (χ4n) is 1.03. The summed E-state index contributed by atoms with van der Waals surface area (Å²) in [6.45, 7) is 12.1. The molecular formula is C11H24O3Ti. The third-order valence-electron chi connectivity index (χ3n) is 1.77. The summed E-state index contributed by atoms with van der Waals surface area (Å²) in [7, 11) is 0. The predicted molar refractivity (Wildman–Crippen MR) is 58.9 cm³/mol. The molecule has 0 atom stereocenters. The molecule has 0 aromatic carbocycles. The van der Waals surface area contributed by atoms with Gasteiger partial charge in [0.1, 0.15) is 0 Å². The van der Waals surface area contributed by atoms with Crippen LogP contribution in [0.5, 0.6) is 0 Å². The van der Waals surface area contributed by atoms with Gasteiger partial charge in [-0.3, -0.25) is 0 Å². The van der Waals surface area contributed by atoms with Crippen LogP contribution in [0.2, 0.25) is 0 Å². The molecule has 0 amide bonds. The van der Waals surface area contributed by atoms with Crippen molar-refractivity contribution in [2.24, 2.45) is 0 Å². The van der Waals surface area contributed by atoms with Crippen LogP contribution in [0, 0.1) is 0 Å². The molecule has 0 N–H and O–H groups in total. The molecule has 90 valence electrons. The van der Waals surface area contributed by atoms with Crippen LogP contribution in [0.1, 0.15) is 40.0 Å². The first-order chi connectivity index (χ1) is 7.24. The molecule has 0 unspecified atom stereocenters. The van der Waals surface area contributed by atoms with Crippen molar-refractivity contribution in [2.75, 3.05) is 19.8 Å². The summed E-state index contributed by atoms with van der Waals surface area (Å²) in [4.78, 5) is 0. The van der Waals surface area contributed by atoms with Crippen molar-refractivity contribution >= 4 is 0 Å². The minimum absolute atomic E-state index is 0.694. The van der Waals surface area contributed by atoms with Gasteiger partial charge in [-0.1, -0.05) is 0 Å². The Morgan fingerprint density at radius 3 is 1.40 bits per heavy atom. The van der Waals surface area contributed by atoms with Crippen LogP contribution < -0.4 is 0 Å². The van der Waals surface area contributed by atoms with Crippen molar-refractivity contribution in [3.63, 3.8) is 0 Å². The Balaban J connectivity index is 4.23. The van der Waals surface area contributed by atoms with E-state index in [1.54, 1.807) is 4.38 Å². The maximum atomic E-state index is 5.76. The Morgan fingerprint density at radius 1 is 0.867 bits per heavy atom. The van der Waals surface area contributed by atoms with Gasteiger partial charge in [-0.2, -0.15) is 0 Å². The Kier molecular flexibility index (Phi) is 9.77. The molecule has 0 saturated heterocycles. The van der Waals surface area contributed by atoms with Gasteiger partial charge in [0.05, 0.1) is 0 Å². The van der Waals surface area contributed by atoms with Gasteiger partial charge >= 0.3 is 98.5 Å². The van der Waals surface area contributed by atoms with Gasteiger partial charge in [-0.05, 0) is 0 Å². The summed E-state index contributed by atoms with van der Waals surface area (Å²) in [6.07, 6.45) is 2.93. The first-order valence-electron chi connectivity index (χ1n) is 5.80. The van der Waals surface area contributed by atoms with Crippen molar-refractivity contribution in [1.82, 2.24) is 0 Å². The van der Waals surface area contributed by atoms with Crippen LogP contribution in [0.15, 0.2) is 11.0 Å². The molecule has 3 nitrogen and oxygen atoms in total. The van der Waals surface area contributed by atoms with Crippen molar-refractivity contribution in [1.29, 1.82) is 0 Å². The summed E-state index contributed by atoms with van der Waals surface area (Å²) in [5, 5.41) is 0. The second-order valence-corrected chi connectivity index (χ2v) is 7.23. The summed E-state index contributed by atoms with van der Waals surface area (Å²) in [5.74, 6) is 0. The van der Waals surface area contributed by atoms with Gasteiger partial charge in [0.2, 0.25) is 0 Å². The number of rotatable bonds is 10. The fourth-order valence-corrected chi connectivity index (χ4v) is 4.27. The monoisotopic (exact) mass is 252 g/mol. The SMILES string of the molecule is C=[CH][Ti]([O]CCC)([O]CCC)[O]CCC. The van der Waals surface area contributed by atoms with Crippen LogP contribution >= 0.6 is 0 Å². The van der Waals surface area contributed by atoms with Gasteiger partial charge in [0.15, 0.2) is 0 Å². The van der Waals surface area contributed by atoms with Crippen molar-refractivity contribution in [3.05, 3.63) is 11.0 Å². The van der Waals surface area contributed by atoms with E-state index in [0.29, 0.717) is 19.8 Å². The van der Waals surface area contributed by atoms with Gasteiger partial charge in [-0.15, -0.1) is 0 Å². The molecule has 0 heterocycles. The quantitative estimate of drug-likeness (QED) is 0.558. The standard InChI is InChI=1S/3C3H7O.C2H3.Ti/c3*1-2-3-4;1-2;/h3*2-3H2,1H3;1H,2H2;/q3*-1;;+3. The minimum atomic E-state index is -3.10. The van der Waals surface area contributed by atoms with E-state index in [2.05, 4.69) is 27.4 Å². The molecule has 0 aliphatic rings. The molecule has 0 aliphatic heterocycles. The van der Waals surface area contributed by atoms with E-state index in [1.807, 2.05) is 0 Å². The Morgan fingerprint density at radius 2 is 1.20 bits per heavy atom. The summed E-state index contributed by atoms with van der Waals surface area (Å²) in [5.41, 5.74) is 0. The average Bonchev–Trinajstić information content (AvgIpc) is 2.29. The van der Waals surface area contributed by atoms with Crippen molar-refractivity contribution in [2.45, 2.75) is 40.0 Å². The molecule has 0 spiro atoms. The Labute approximate surface area is 98.6 Å². The van der Waals surface area contributed by atoms with Gasteiger partial charge in [-0.25, -0.2) is 0 Å². The first kappa shape index (κ1) is 15.3. The molecule has 0 aliphatic carbocycles. The molecule has 0 radical (unpaired) electrons. The summed E-state index contributed by atoms with van der Waals surface area (Å²) < 4.78 is 19.1. The third kappa shape index (κ3) is 6.49. The molecule has 15 heavy (non-hydrogen) atoms. The van der Waals surface area contributed by atoms with Crippen LogP contribution in [-0.4, -0.2) is 19.8 Å². The average molecular weight is 252 g/mol. The van der Waals surface area contributed by atoms with Crippen LogP contribution in [-0.2, 0) is 27.7 Å². The van der Waals surface area contributed by atoms with Crippen LogP contribution in [0.4, 0.5) is 0 Å². The second-order valence-electron chi connectivity index (χ2n) is 3.35. The van der Waals surface area contributed by atoms with Crippen molar-refractivity contribution < 1.29 is 27.7 Å². The van der Waals surface area contributed by atoms with Gasteiger partial charge in [0, 0.05) is 0 Å². The number of hydrogen-bond donors (Lipinski definition) is 0. The van der Waals surface area contributed by atoms with Gasteiger partial charge in [0.25, 0.3) is 0 Å². The molecule has 0 rings (SSSR count). The molecule has 0 aromatic heterocycles. The van der Waals surface area contributed by atoms with E-state index in [0.717, 1.165) is 19.3 Å². The Hall–Kier alpha value is 0.334. The van der Waals surface area contributed by atoms with Crippen molar-refractivity contribution in [3.8, 4) is 0 Å². The van der Waals surface area contributed by atoms with E-state index >= 15 is 0 Å². The second kappa shape index (κ2) is 9.55. The van der Waals surface area contributed by atoms with Crippen LogP contribution in [0.25, 0.3) is 0 Å². The molecule has 0 fully saturated rings. The molecule has 0 aromatic rings. The predicted octanol–water partition coefficient (Wildman–Crippen LogP) is 3.31. The van der Waals surface area contributed by atoms with Crippen LogP contribution in [0.3, 0.4) is 0 Å². The van der Waals surface area contributed by atoms with Gasteiger partial charge < -0.3 is 0 Å². The van der Waals surface area contributed by atoms with E-state index in [-0.39, 0.29) is 0 Å². The van der Waals surface area contributed by atoms with E-state index < -0.39 is 17.8 Å². The maximum absolute atomic E-state index is 5.76. The normalized spacial score (nSPS) is 11.7. The zero-order valence-electron chi connectivity index (χ0n) is 10.3. The number of hydrogen-bond acceptors (Lipinski definition) is 3. The molecule has 4 heteroatoms. The third-order valence-corrected chi connectivity index (χ3v) is 5.39. The fraction of sp³-hybridized carbons (Fsp3) is 0.818. The van der Waals surface area contributed by atoms with E-state index in [9.17, 15) is 0 Å². The Bertz CT molecular complexity index is 140. The molecular weight excluding hydrogens is 228 g/mol. The zero-order chi connectivity index (χ0) is 11.6.